The van der Waals surface area contributed by atoms with E-state index in [2.05, 4.69) is 20.9 Å². The molecule has 8 heteroatoms. The van der Waals surface area contributed by atoms with Gasteiger partial charge in [0.25, 0.3) is 5.56 Å². The first-order chi connectivity index (χ1) is 19.7. The molecular weight excluding hydrogens is 600 g/mol. The third-order valence-electron chi connectivity index (χ3n) is 6.99. The summed E-state index contributed by atoms with van der Waals surface area (Å²) in [7, 11) is 0. The van der Waals surface area contributed by atoms with Crippen LogP contribution in [0.5, 0.6) is 5.75 Å². The van der Waals surface area contributed by atoms with E-state index in [1.54, 1.807) is 18.4 Å². The summed E-state index contributed by atoms with van der Waals surface area (Å²) in [6.07, 6.45) is 1.89. The Balaban J connectivity index is 1.54. The lowest BCUT2D eigenvalue weighted by molar-refractivity contribution is -0.139. The largest absolute Gasteiger partial charge is 0.488 e. The van der Waals surface area contributed by atoms with E-state index >= 15 is 0 Å². The number of benzene rings is 3. The van der Waals surface area contributed by atoms with Crippen molar-refractivity contribution in [3.8, 4) is 5.75 Å². The van der Waals surface area contributed by atoms with Crippen LogP contribution in [0, 0.1) is 20.8 Å². The molecule has 1 aliphatic heterocycles. The van der Waals surface area contributed by atoms with E-state index in [1.807, 2.05) is 87.5 Å². The number of aryl methyl sites for hydroxylation is 3. The predicted octanol–water partition coefficient (Wildman–Crippen LogP) is 6.07. The first-order valence-corrected chi connectivity index (χ1v) is 15.0. The summed E-state index contributed by atoms with van der Waals surface area (Å²) < 4.78 is 14.7. The van der Waals surface area contributed by atoms with Crippen LogP contribution >= 0.6 is 27.3 Å². The summed E-state index contributed by atoms with van der Waals surface area (Å²) >= 11 is 4.78. The number of hydrogen-bond acceptors (Lipinski definition) is 6. The summed E-state index contributed by atoms with van der Waals surface area (Å²) in [6.45, 7) is 10.3. The molecule has 0 fully saturated rings. The molecule has 0 aliphatic carbocycles. The van der Waals surface area contributed by atoms with Gasteiger partial charge in [0.2, 0.25) is 0 Å². The van der Waals surface area contributed by atoms with Crippen LogP contribution in [0.4, 0.5) is 0 Å². The summed E-state index contributed by atoms with van der Waals surface area (Å²) in [4.78, 5) is 32.2. The second-order valence-corrected chi connectivity index (χ2v) is 12.0. The molecule has 210 valence electrons. The molecule has 0 spiro atoms. The van der Waals surface area contributed by atoms with Gasteiger partial charge in [-0.15, -0.1) is 0 Å². The SMILES string of the molecule is CCOC(=O)C1=C(C)N=c2s/c(=C\c3cc(C)c(OCc4ccc(Br)cc4)c(C)c3)c(=O)n2[C@@H]1c1ccc(C)cc1. The maximum atomic E-state index is 13.9. The average Bonchev–Trinajstić information content (AvgIpc) is 3.23. The van der Waals surface area contributed by atoms with Crippen LogP contribution in [0.3, 0.4) is 0 Å². The number of thiazole rings is 1. The zero-order valence-electron chi connectivity index (χ0n) is 23.7. The first kappa shape index (κ1) is 28.8. The number of allylic oxidation sites excluding steroid dienone is 1. The van der Waals surface area contributed by atoms with E-state index in [0.29, 0.717) is 27.2 Å². The molecule has 0 radical (unpaired) electrons. The predicted molar refractivity (Wildman–Crippen MR) is 166 cm³/mol. The zero-order chi connectivity index (χ0) is 29.3. The van der Waals surface area contributed by atoms with Gasteiger partial charge < -0.3 is 9.47 Å². The molecule has 6 nitrogen and oxygen atoms in total. The van der Waals surface area contributed by atoms with Crippen molar-refractivity contribution in [1.82, 2.24) is 4.57 Å². The highest BCUT2D eigenvalue weighted by Crippen LogP contribution is 2.31. The maximum absolute atomic E-state index is 13.9. The van der Waals surface area contributed by atoms with Gasteiger partial charge in [0, 0.05) is 4.47 Å². The number of ether oxygens (including phenoxy) is 2. The van der Waals surface area contributed by atoms with Crippen LogP contribution in [-0.2, 0) is 16.1 Å². The minimum atomic E-state index is -0.620. The van der Waals surface area contributed by atoms with Crippen molar-refractivity contribution in [2.45, 2.75) is 47.3 Å². The number of fused-ring (bicyclic) bond motifs is 1. The van der Waals surface area contributed by atoms with Gasteiger partial charge in [-0.1, -0.05) is 69.2 Å². The Hall–Kier alpha value is -3.75. The molecule has 1 aromatic heterocycles. The quantitative estimate of drug-likeness (QED) is 0.233. The Kier molecular flexibility index (Phi) is 8.42. The molecule has 4 aromatic rings. The third kappa shape index (κ3) is 5.99. The molecule has 0 saturated carbocycles. The summed E-state index contributed by atoms with van der Waals surface area (Å²) in [6, 6.07) is 19.4. The molecule has 0 unspecified atom stereocenters. The molecule has 2 heterocycles. The third-order valence-corrected chi connectivity index (χ3v) is 8.50. The zero-order valence-corrected chi connectivity index (χ0v) is 26.1. The van der Waals surface area contributed by atoms with Crippen LogP contribution in [-0.4, -0.2) is 17.1 Å². The van der Waals surface area contributed by atoms with Crippen molar-refractivity contribution < 1.29 is 14.3 Å². The van der Waals surface area contributed by atoms with Crippen LogP contribution < -0.4 is 19.6 Å². The van der Waals surface area contributed by atoms with E-state index in [4.69, 9.17) is 9.47 Å². The number of aromatic nitrogens is 1. The van der Waals surface area contributed by atoms with Gasteiger partial charge in [0.1, 0.15) is 12.4 Å². The minimum absolute atomic E-state index is 0.195. The lowest BCUT2D eigenvalue weighted by Gasteiger charge is -2.24. The van der Waals surface area contributed by atoms with Crippen molar-refractivity contribution >= 4 is 39.3 Å². The molecule has 41 heavy (non-hydrogen) atoms. The number of esters is 1. The highest BCUT2D eigenvalue weighted by molar-refractivity contribution is 9.10. The Morgan fingerprint density at radius 3 is 2.32 bits per heavy atom. The summed E-state index contributed by atoms with van der Waals surface area (Å²) in [5, 5.41) is 0. The van der Waals surface area contributed by atoms with Gasteiger partial charge >= 0.3 is 5.97 Å². The van der Waals surface area contributed by atoms with Crippen molar-refractivity contribution in [3.63, 3.8) is 0 Å². The lowest BCUT2D eigenvalue weighted by atomic mass is 9.95. The molecule has 1 atom stereocenters. The van der Waals surface area contributed by atoms with E-state index in [0.717, 1.165) is 43.6 Å². The second-order valence-electron chi connectivity index (χ2n) is 10.1. The van der Waals surface area contributed by atoms with Gasteiger partial charge in [0.05, 0.1) is 28.5 Å². The van der Waals surface area contributed by atoms with E-state index in [9.17, 15) is 9.59 Å². The van der Waals surface area contributed by atoms with Crippen molar-refractivity contribution in [2.75, 3.05) is 6.61 Å². The molecule has 3 aromatic carbocycles. The summed E-state index contributed by atoms with van der Waals surface area (Å²) in [5.41, 5.74) is 6.62. The van der Waals surface area contributed by atoms with E-state index in [-0.39, 0.29) is 12.2 Å². The fourth-order valence-corrected chi connectivity index (χ4v) is 6.35. The standard InChI is InChI=1S/C33H31BrN2O4S/c1-6-39-32(38)28-22(5)35-33-36(29(28)25-11-7-19(2)8-12-25)31(37)27(41-33)17-24-15-20(3)30(21(4)16-24)40-18-23-9-13-26(34)14-10-23/h7-17,29H,6,18H2,1-5H3/b27-17-/t29-/m1/s1. The minimum Gasteiger partial charge on any atom is -0.488 e. The van der Waals surface area contributed by atoms with Gasteiger partial charge in [-0.3, -0.25) is 9.36 Å². The second kappa shape index (κ2) is 12.0. The fraction of sp³-hybridized carbons (Fsp3) is 0.242. The van der Waals surface area contributed by atoms with Crippen LogP contribution in [0.1, 0.15) is 53.3 Å². The van der Waals surface area contributed by atoms with E-state index in [1.165, 1.54) is 11.3 Å². The van der Waals surface area contributed by atoms with Crippen LogP contribution in [0.25, 0.3) is 6.08 Å². The number of carbonyl (C=O) groups is 1. The lowest BCUT2D eigenvalue weighted by Crippen LogP contribution is -2.39. The average molecular weight is 632 g/mol. The molecule has 0 amide bonds. The summed E-state index contributed by atoms with van der Waals surface area (Å²) in [5.74, 6) is 0.374. The molecule has 0 N–H and O–H groups in total. The number of nitrogens with zero attached hydrogens (tertiary/aromatic N) is 2. The molecule has 5 rings (SSSR count). The van der Waals surface area contributed by atoms with Crippen molar-refractivity contribution in [2.24, 2.45) is 4.99 Å². The fourth-order valence-electron chi connectivity index (χ4n) is 5.04. The highest BCUT2D eigenvalue weighted by atomic mass is 79.9. The normalized spacial score (nSPS) is 15.0. The Morgan fingerprint density at radius 2 is 1.68 bits per heavy atom. The Bertz CT molecular complexity index is 1810. The first-order valence-electron chi connectivity index (χ1n) is 13.4. The molecular formula is C33H31BrN2O4S. The van der Waals surface area contributed by atoms with Crippen molar-refractivity contribution in [3.05, 3.63) is 129 Å². The van der Waals surface area contributed by atoms with Gasteiger partial charge in [-0.25, -0.2) is 9.79 Å². The number of hydrogen-bond donors (Lipinski definition) is 0. The van der Waals surface area contributed by atoms with Gasteiger partial charge in [0.15, 0.2) is 4.80 Å². The number of rotatable bonds is 7. The Morgan fingerprint density at radius 1 is 1.02 bits per heavy atom. The van der Waals surface area contributed by atoms with Crippen LogP contribution in [0.15, 0.2) is 86.2 Å². The topological polar surface area (TPSA) is 69.9 Å². The smallest absolute Gasteiger partial charge is 0.338 e. The van der Waals surface area contributed by atoms with Gasteiger partial charge in [-0.2, -0.15) is 0 Å². The number of halogens is 1. The van der Waals surface area contributed by atoms with Crippen molar-refractivity contribution in [1.29, 1.82) is 0 Å². The molecule has 1 aliphatic rings. The number of carbonyl (C=O) groups excluding carboxylic acids is 1. The molecule has 0 saturated heterocycles. The maximum Gasteiger partial charge on any atom is 0.338 e. The molecule has 0 bridgehead atoms. The van der Waals surface area contributed by atoms with E-state index < -0.39 is 12.0 Å². The highest BCUT2D eigenvalue weighted by Gasteiger charge is 2.33. The van der Waals surface area contributed by atoms with Crippen LogP contribution in [0.2, 0.25) is 0 Å². The van der Waals surface area contributed by atoms with Gasteiger partial charge in [-0.05, 0) is 92.8 Å². The Labute approximate surface area is 251 Å². The monoisotopic (exact) mass is 630 g/mol.